The first-order chi connectivity index (χ1) is 10.2. The zero-order chi connectivity index (χ0) is 14.8. The molecule has 0 aliphatic carbocycles. The highest BCUT2D eigenvalue weighted by atomic mass is 15.2. The average molecular weight is 289 g/mol. The Kier molecular flexibility index (Phi) is 4.19. The van der Waals surface area contributed by atoms with Gasteiger partial charge in [0, 0.05) is 50.0 Å². The number of nitrogens with two attached hydrogens (primary N) is 1. The van der Waals surface area contributed by atoms with Gasteiger partial charge in [0.2, 0.25) is 0 Å². The normalized spacial score (nSPS) is 23.8. The molecule has 3 N–H and O–H groups in total. The Morgan fingerprint density at radius 2 is 1.86 bits per heavy atom. The van der Waals surface area contributed by atoms with Crippen molar-refractivity contribution in [3.05, 3.63) is 12.1 Å². The van der Waals surface area contributed by atoms with E-state index in [9.17, 15) is 0 Å². The number of hydrogen-bond acceptors (Lipinski definition) is 5. The molecule has 0 aromatic carbocycles. The molecule has 5 heteroatoms. The maximum absolute atomic E-state index is 6.05. The second kappa shape index (κ2) is 6.10. The first kappa shape index (κ1) is 14.4. The lowest BCUT2D eigenvalue weighted by Crippen LogP contribution is -2.34. The van der Waals surface area contributed by atoms with Crippen LogP contribution in [-0.4, -0.2) is 44.3 Å². The molecule has 1 atom stereocenters. The topological polar surface area (TPSA) is 57.4 Å². The summed E-state index contributed by atoms with van der Waals surface area (Å²) in [5.74, 6) is 2.51. The van der Waals surface area contributed by atoms with Gasteiger partial charge in [-0.05, 0) is 32.2 Å². The fraction of sp³-hybridized carbons (Fsp3) is 0.688. The monoisotopic (exact) mass is 289 g/mol. The minimum absolute atomic E-state index is 0.582. The summed E-state index contributed by atoms with van der Waals surface area (Å²) < 4.78 is 0. The number of hydrogen-bond donors (Lipinski definition) is 2. The first-order valence-corrected chi connectivity index (χ1v) is 8.10. The minimum atomic E-state index is 0.582. The smallest absolute Gasteiger partial charge is 0.133 e. The van der Waals surface area contributed by atoms with Gasteiger partial charge in [0.15, 0.2) is 0 Å². The molecule has 5 nitrogen and oxygen atoms in total. The lowest BCUT2D eigenvalue weighted by molar-refractivity contribution is 0.436. The van der Waals surface area contributed by atoms with E-state index in [1.54, 1.807) is 0 Å². The third-order valence-electron chi connectivity index (χ3n) is 4.89. The molecule has 2 saturated heterocycles. The summed E-state index contributed by atoms with van der Waals surface area (Å²) in [6.45, 7) is 6.66. The van der Waals surface area contributed by atoms with Gasteiger partial charge in [-0.1, -0.05) is 6.92 Å². The van der Waals surface area contributed by atoms with Crippen LogP contribution in [0.15, 0.2) is 12.1 Å². The molecule has 2 fully saturated rings. The van der Waals surface area contributed by atoms with Crippen molar-refractivity contribution < 1.29 is 0 Å². The molecule has 1 unspecified atom stereocenters. The zero-order valence-electron chi connectivity index (χ0n) is 13.2. The Morgan fingerprint density at radius 3 is 2.52 bits per heavy atom. The van der Waals surface area contributed by atoms with Crippen molar-refractivity contribution in [2.75, 3.05) is 48.8 Å². The highest BCUT2D eigenvalue weighted by Crippen LogP contribution is 2.28. The van der Waals surface area contributed by atoms with Crippen molar-refractivity contribution in [3.63, 3.8) is 0 Å². The van der Waals surface area contributed by atoms with Gasteiger partial charge in [0.05, 0.1) is 0 Å². The molecule has 3 heterocycles. The predicted octanol–water partition coefficient (Wildman–Crippen LogP) is 1.70. The van der Waals surface area contributed by atoms with E-state index in [1.807, 2.05) is 13.1 Å². The number of pyridine rings is 1. The summed E-state index contributed by atoms with van der Waals surface area (Å²) in [5.41, 5.74) is 7.26. The molecule has 116 valence electrons. The van der Waals surface area contributed by atoms with Gasteiger partial charge in [0.1, 0.15) is 11.6 Å². The number of nitrogens with zero attached hydrogens (tertiary/aromatic N) is 3. The van der Waals surface area contributed by atoms with Crippen molar-refractivity contribution in [2.24, 2.45) is 5.92 Å². The number of anilines is 3. The number of likely N-dealkylation sites (N-methyl/N-ethyl adjacent to an activating group) is 1. The number of nitrogens with one attached hydrogen (secondary N) is 1. The van der Waals surface area contributed by atoms with E-state index in [-0.39, 0.29) is 0 Å². The number of piperidine rings is 1. The second-order valence-corrected chi connectivity index (χ2v) is 6.50. The van der Waals surface area contributed by atoms with Crippen LogP contribution in [0.4, 0.5) is 17.3 Å². The molecule has 0 amide bonds. The van der Waals surface area contributed by atoms with Crippen LogP contribution in [0.5, 0.6) is 0 Å². The third kappa shape index (κ3) is 3.23. The lowest BCUT2D eigenvalue weighted by atomic mass is 9.99. The van der Waals surface area contributed by atoms with Gasteiger partial charge in [-0.3, -0.25) is 0 Å². The number of rotatable bonds is 3. The lowest BCUT2D eigenvalue weighted by Gasteiger charge is -2.32. The Bertz CT molecular complexity index is 461. The average Bonchev–Trinajstić information content (AvgIpc) is 2.96. The molecule has 2 aliphatic rings. The Hall–Kier alpha value is -1.49. The minimum Gasteiger partial charge on any atom is -0.384 e. The molecule has 3 rings (SSSR count). The first-order valence-electron chi connectivity index (χ1n) is 8.10. The van der Waals surface area contributed by atoms with Gasteiger partial charge in [-0.25, -0.2) is 4.98 Å². The zero-order valence-corrected chi connectivity index (χ0v) is 13.2. The van der Waals surface area contributed by atoms with Gasteiger partial charge < -0.3 is 20.9 Å². The van der Waals surface area contributed by atoms with Gasteiger partial charge in [-0.2, -0.15) is 0 Å². The van der Waals surface area contributed by atoms with Crippen LogP contribution in [0.3, 0.4) is 0 Å². The second-order valence-electron chi connectivity index (χ2n) is 6.50. The summed E-state index contributed by atoms with van der Waals surface area (Å²) in [7, 11) is 2.04. The molecule has 1 aromatic rings. The highest BCUT2D eigenvalue weighted by Gasteiger charge is 2.23. The quantitative estimate of drug-likeness (QED) is 0.887. The van der Waals surface area contributed by atoms with E-state index in [4.69, 9.17) is 5.73 Å². The number of aromatic nitrogens is 1. The molecular formula is C16H27N5. The largest absolute Gasteiger partial charge is 0.384 e. The van der Waals surface area contributed by atoms with E-state index in [0.717, 1.165) is 37.9 Å². The fourth-order valence-electron chi connectivity index (χ4n) is 3.33. The molecular weight excluding hydrogens is 262 g/mol. The summed E-state index contributed by atoms with van der Waals surface area (Å²) >= 11 is 0. The van der Waals surface area contributed by atoms with Crippen LogP contribution < -0.4 is 20.9 Å². The van der Waals surface area contributed by atoms with E-state index in [2.05, 4.69) is 33.1 Å². The maximum atomic E-state index is 6.05. The summed E-state index contributed by atoms with van der Waals surface area (Å²) in [4.78, 5) is 9.35. The van der Waals surface area contributed by atoms with E-state index >= 15 is 0 Å². The van der Waals surface area contributed by atoms with Gasteiger partial charge in [0.25, 0.3) is 0 Å². The molecule has 21 heavy (non-hydrogen) atoms. The van der Waals surface area contributed by atoms with Crippen LogP contribution in [0, 0.1) is 5.92 Å². The maximum Gasteiger partial charge on any atom is 0.133 e. The molecule has 0 bridgehead atoms. The van der Waals surface area contributed by atoms with Crippen molar-refractivity contribution in [2.45, 2.75) is 32.2 Å². The van der Waals surface area contributed by atoms with Crippen LogP contribution in [0.25, 0.3) is 0 Å². The molecule has 0 radical (unpaired) electrons. The third-order valence-corrected chi connectivity index (χ3v) is 4.89. The van der Waals surface area contributed by atoms with Gasteiger partial charge in [-0.15, -0.1) is 0 Å². The van der Waals surface area contributed by atoms with Crippen molar-refractivity contribution >= 4 is 17.3 Å². The van der Waals surface area contributed by atoms with Crippen molar-refractivity contribution in [3.8, 4) is 0 Å². The van der Waals surface area contributed by atoms with E-state index in [0.29, 0.717) is 11.9 Å². The highest BCUT2D eigenvalue weighted by molar-refractivity contribution is 5.61. The molecule has 0 spiro atoms. The molecule has 1 aromatic heterocycles. The van der Waals surface area contributed by atoms with Crippen LogP contribution >= 0.6 is 0 Å². The van der Waals surface area contributed by atoms with Crippen LogP contribution in [0.2, 0.25) is 0 Å². The summed E-state index contributed by atoms with van der Waals surface area (Å²) in [6.07, 6.45) is 3.68. The van der Waals surface area contributed by atoms with Crippen LogP contribution in [0.1, 0.15) is 26.2 Å². The predicted molar refractivity (Wildman–Crippen MR) is 88.9 cm³/mol. The fourth-order valence-corrected chi connectivity index (χ4v) is 3.33. The van der Waals surface area contributed by atoms with Gasteiger partial charge >= 0.3 is 0 Å². The standard InChI is InChI=1S/C16H27N5/c1-12-3-6-20(7-4-12)16-10-14(9-15(17)19-16)21-8-5-13(11-21)18-2/h9-10,12-13,18H,3-8,11H2,1-2H3,(H2,17,19). The number of nitrogen functional groups attached to an aromatic ring is 1. The molecule has 0 saturated carbocycles. The Labute approximate surface area is 127 Å². The summed E-state index contributed by atoms with van der Waals surface area (Å²) in [5, 5.41) is 3.36. The Balaban J connectivity index is 1.77. The Morgan fingerprint density at radius 1 is 1.14 bits per heavy atom. The van der Waals surface area contributed by atoms with E-state index in [1.165, 1.54) is 24.9 Å². The van der Waals surface area contributed by atoms with E-state index < -0.39 is 0 Å². The van der Waals surface area contributed by atoms with Crippen LogP contribution in [-0.2, 0) is 0 Å². The summed E-state index contributed by atoms with van der Waals surface area (Å²) in [6, 6.07) is 4.80. The SMILES string of the molecule is CNC1CCN(c2cc(N)nc(N3CCC(C)CC3)c2)C1. The molecule has 2 aliphatic heterocycles. The van der Waals surface area contributed by atoms with Crippen molar-refractivity contribution in [1.29, 1.82) is 0 Å². The van der Waals surface area contributed by atoms with Crippen molar-refractivity contribution in [1.82, 2.24) is 10.3 Å².